The number of aromatic nitrogens is 9. The normalized spacial score (nSPS) is 19.2. The number of nitrogens with one attached hydrogen (secondary N) is 1. The first kappa shape index (κ1) is 89.4. The van der Waals surface area contributed by atoms with Crippen LogP contribution in [0, 0.1) is 53.4 Å². The molecule has 0 aliphatic heterocycles. The van der Waals surface area contributed by atoms with E-state index in [0.717, 1.165) is 89.4 Å². The molecular formula is C79H110F3LiN12O16. The third-order valence-electron chi connectivity index (χ3n) is 19.6. The van der Waals surface area contributed by atoms with E-state index in [-0.39, 0.29) is 134 Å². The summed E-state index contributed by atoms with van der Waals surface area (Å²) < 4.78 is 99.0. The summed E-state index contributed by atoms with van der Waals surface area (Å²) in [4.78, 5) is 87.9. The van der Waals surface area contributed by atoms with Gasteiger partial charge in [-0.15, -0.1) is 0 Å². The number of hydrogen-bond acceptors (Lipinski definition) is 23. The number of amides is 2. The average molecular weight is 1550 g/mol. The molecule has 6 aliphatic carbocycles. The van der Waals surface area contributed by atoms with Crippen molar-refractivity contribution in [2.24, 2.45) is 56.7 Å². The van der Waals surface area contributed by atoms with E-state index in [1.165, 1.54) is 32.4 Å². The molecule has 6 heterocycles. The third kappa shape index (κ3) is 27.5. The number of esters is 4. The molecule has 6 atom stereocenters. The second-order valence-electron chi connectivity index (χ2n) is 30.1. The number of carbonyl (C=O) groups excluding carboxylic acids is 6. The van der Waals surface area contributed by atoms with Gasteiger partial charge in [0.2, 0.25) is 0 Å². The number of rotatable bonds is 27. The summed E-state index contributed by atoms with van der Waals surface area (Å²) in [6, 6.07) is 9.57. The summed E-state index contributed by atoms with van der Waals surface area (Å²) in [5, 5.41) is 15.8. The second kappa shape index (κ2) is 42.7. The minimum Gasteiger partial charge on any atom is -0.870 e. The first-order chi connectivity index (χ1) is 52.1. The molecule has 2 N–H and O–H groups in total. The van der Waals surface area contributed by atoms with Gasteiger partial charge in [0, 0.05) is 71.9 Å². The molecule has 0 bridgehead atoms. The van der Waals surface area contributed by atoms with Crippen molar-refractivity contribution in [1.82, 2.24) is 59.4 Å². The van der Waals surface area contributed by atoms with Crippen molar-refractivity contribution in [2.75, 3.05) is 40.8 Å². The molecule has 32 heteroatoms. The van der Waals surface area contributed by atoms with Crippen LogP contribution in [0.3, 0.4) is 0 Å². The van der Waals surface area contributed by atoms with E-state index in [2.05, 4.69) is 35.6 Å². The van der Waals surface area contributed by atoms with Crippen LogP contribution < -0.4 is 38.4 Å². The summed E-state index contributed by atoms with van der Waals surface area (Å²) in [7, 11) is 10.6. The summed E-state index contributed by atoms with van der Waals surface area (Å²) in [6.45, 7) is 14.9. The monoisotopic (exact) mass is 1550 g/mol. The van der Waals surface area contributed by atoms with Crippen LogP contribution in [0.2, 0.25) is 0 Å². The number of halogens is 3. The van der Waals surface area contributed by atoms with Crippen LogP contribution >= 0.6 is 0 Å². The zero-order valence-corrected chi connectivity index (χ0v) is 66.7. The standard InChI is InChI=1S/2C26H35FN4O5.C22H28FN3O5.C5H11N.Li.H2O/c2*1-16(2)35-25(32)18-6-5-7-19(12-18)36-23-11-10-21(29-24(23)27)20-13-28-31(4)22(20)15-34-26(33)30(3)14-17-8-9-17;1-13(2)30-22(28)15-6-5-7-16(10-15)31-20-9-8-18(25-21(20)23)17-11-24-26(4)19(17)12-29-14(3)27;1-6-4-5-2-3-5;;/h2*10-11,13,16-19H,5-9,12,14-15H2,1-4H3;8-9,11,13,15-16H,5-7,10,12H2,1-4H3;5-6H,2-4H2,1H3;;1H2/q;;;;+1;/p-1/t2*18-,19-;15-,16-;;;/m000.../s1. The molecule has 0 aromatic carbocycles. The van der Waals surface area contributed by atoms with Gasteiger partial charge in [0.15, 0.2) is 17.2 Å². The molecule has 0 radical (unpaired) electrons. The van der Waals surface area contributed by atoms with Crippen LogP contribution in [0.15, 0.2) is 55.0 Å². The molecule has 0 spiro atoms. The smallest absolute Gasteiger partial charge is 0.870 e. The summed E-state index contributed by atoms with van der Waals surface area (Å²) in [6.07, 6.45) is 18.4. The van der Waals surface area contributed by atoms with E-state index in [4.69, 9.17) is 42.6 Å². The van der Waals surface area contributed by atoms with Crippen LogP contribution in [0.25, 0.3) is 33.8 Å². The van der Waals surface area contributed by atoms with Gasteiger partial charge < -0.3 is 63.2 Å². The number of pyridine rings is 3. The van der Waals surface area contributed by atoms with Crippen molar-refractivity contribution in [3.05, 3.63) is 89.9 Å². The minimum atomic E-state index is -0.744. The number of hydrogen-bond donors (Lipinski definition) is 1. The Morgan fingerprint density at radius 2 is 0.766 bits per heavy atom. The van der Waals surface area contributed by atoms with Gasteiger partial charge >= 0.3 is 54.9 Å². The molecule has 604 valence electrons. The van der Waals surface area contributed by atoms with Crippen molar-refractivity contribution in [3.8, 4) is 51.0 Å². The Morgan fingerprint density at radius 1 is 0.468 bits per heavy atom. The maximum absolute atomic E-state index is 15.0. The van der Waals surface area contributed by atoms with Gasteiger partial charge in [-0.2, -0.15) is 28.5 Å². The van der Waals surface area contributed by atoms with Crippen molar-refractivity contribution < 1.29 is 109 Å². The van der Waals surface area contributed by atoms with Crippen molar-refractivity contribution in [3.63, 3.8) is 0 Å². The minimum absolute atomic E-state index is 0. The van der Waals surface area contributed by atoms with E-state index < -0.39 is 36.0 Å². The molecule has 12 rings (SSSR count). The molecule has 28 nitrogen and oxygen atoms in total. The molecular weight excluding hydrogens is 1440 g/mol. The first-order valence-corrected chi connectivity index (χ1v) is 38.3. The molecule has 6 aromatic rings. The fourth-order valence-corrected chi connectivity index (χ4v) is 13.2. The number of ether oxygens (including phenoxy) is 9. The maximum atomic E-state index is 15.0. The first-order valence-electron chi connectivity index (χ1n) is 38.3. The third-order valence-corrected chi connectivity index (χ3v) is 19.6. The molecule has 6 aromatic heterocycles. The molecule has 0 unspecified atom stereocenters. The Bertz CT molecular complexity index is 3860. The SMILES string of the molecule is CC(=O)OCc1c(-c2ccc(O[C@H]3CCC[C@H](C(=O)OC(C)C)C3)c(F)n2)cnn1C.CC(C)OC(=O)[C@H]1CCC[C@H](Oc2ccc(-c3cnn(C)c3COC(=O)N(C)CC3CC3)nc2F)C1.CC(C)OC(=O)[C@H]1CCC[C@H](Oc2ccc(-c3cnn(C)c3COC(=O)N(C)CC3CC3)nc2F)C1.CNCC1CC1.[Li+].[OH-]. The van der Waals surface area contributed by atoms with Gasteiger partial charge in [-0.3, -0.25) is 33.2 Å². The molecule has 2 amide bonds. The van der Waals surface area contributed by atoms with Crippen LogP contribution in [-0.4, -0.2) is 173 Å². The van der Waals surface area contributed by atoms with Gasteiger partial charge in [-0.05, 0) is 225 Å². The quantitative estimate of drug-likeness (QED) is 0.0217. The van der Waals surface area contributed by atoms with Crippen LogP contribution in [-0.2, 0) is 88.6 Å². The summed E-state index contributed by atoms with van der Waals surface area (Å²) >= 11 is 0. The molecule has 6 aliphatic rings. The van der Waals surface area contributed by atoms with Gasteiger partial charge in [0.25, 0.3) is 17.8 Å². The zero-order chi connectivity index (χ0) is 78.6. The topological polar surface area (TPSA) is 326 Å². The van der Waals surface area contributed by atoms with Crippen LogP contribution in [0.5, 0.6) is 17.2 Å². The van der Waals surface area contributed by atoms with Crippen LogP contribution in [0.1, 0.15) is 181 Å². The molecule has 0 saturated heterocycles. The van der Waals surface area contributed by atoms with E-state index >= 15 is 0 Å². The van der Waals surface area contributed by atoms with Crippen molar-refractivity contribution in [2.45, 2.75) is 220 Å². The van der Waals surface area contributed by atoms with Gasteiger partial charge in [0.05, 0.1) is 107 Å². The van der Waals surface area contributed by atoms with Crippen molar-refractivity contribution in [1.29, 1.82) is 0 Å². The van der Waals surface area contributed by atoms with E-state index in [0.29, 0.717) is 95.0 Å². The Labute approximate surface area is 660 Å². The van der Waals surface area contributed by atoms with Gasteiger partial charge in [0.1, 0.15) is 19.8 Å². The van der Waals surface area contributed by atoms with Gasteiger partial charge in [-0.25, -0.2) is 24.5 Å². The van der Waals surface area contributed by atoms with Gasteiger partial charge in [-0.1, -0.05) is 0 Å². The van der Waals surface area contributed by atoms with E-state index in [1.54, 1.807) is 108 Å². The van der Waals surface area contributed by atoms with E-state index in [9.17, 15) is 41.9 Å². The Hall–Kier alpha value is -8.79. The van der Waals surface area contributed by atoms with E-state index in [1.807, 2.05) is 48.6 Å². The average Bonchev–Trinajstić information content (AvgIpc) is 1.79. The number of nitrogens with zero attached hydrogens (tertiary/aromatic N) is 11. The summed E-state index contributed by atoms with van der Waals surface area (Å²) in [5.74, 6) is -1.76. The number of aryl methyl sites for hydroxylation is 3. The van der Waals surface area contributed by atoms with Crippen molar-refractivity contribution >= 4 is 36.1 Å². The second-order valence-corrected chi connectivity index (χ2v) is 30.1. The molecule has 6 fully saturated rings. The fourth-order valence-electron chi connectivity index (χ4n) is 13.2. The summed E-state index contributed by atoms with van der Waals surface area (Å²) in [5.41, 5.74) is 4.66. The molecule has 111 heavy (non-hydrogen) atoms. The fraction of sp³-hybridized carbons (Fsp3) is 0.620. The predicted octanol–water partition coefficient (Wildman–Crippen LogP) is 9.99. The maximum Gasteiger partial charge on any atom is 1.00 e. The predicted molar refractivity (Wildman–Crippen MR) is 397 cm³/mol. The largest absolute Gasteiger partial charge is 1.00 e. The Kier molecular flexibility index (Phi) is 34.4. The van der Waals surface area contributed by atoms with Crippen LogP contribution in [0.4, 0.5) is 22.8 Å². The Balaban J connectivity index is 0.000000221. The Morgan fingerprint density at radius 3 is 1.02 bits per heavy atom. The number of carbonyl (C=O) groups is 6. The zero-order valence-electron chi connectivity index (χ0n) is 66.7. The molecule has 6 saturated carbocycles.